The van der Waals surface area contributed by atoms with Crippen LogP contribution >= 0.6 is 15.9 Å². The van der Waals surface area contributed by atoms with E-state index in [0.717, 1.165) is 12.1 Å². The molecule has 1 aromatic carbocycles. The lowest BCUT2D eigenvalue weighted by atomic mass is 10.1. The minimum atomic E-state index is -0.957. The van der Waals surface area contributed by atoms with Crippen LogP contribution in [-0.4, -0.2) is 15.2 Å². The Hall–Kier alpha value is -1.63. The van der Waals surface area contributed by atoms with Crippen molar-refractivity contribution in [1.82, 2.24) is 15.2 Å². The Morgan fingerprint density at radius 3 is 2.56 bits per heavy atom. The molecule has 1 heterocycles. The first-order valence-electron chi connectivity index (χ1n) is 4.19. The van der Waals surface area contributed by atoms with E-state index < -0.39 is 11.6 Å². The number of aromatic nitrogens is 3. The van der Waals surface area contributed by atoms with E-state index in [-0.39, 0.29) is 5.95 Å². The second-order valence-corrected chi connectivity index (χ2v) is 3.69. The van der Waals surface area contributed by atoms with Crippen LogP contribution in [0.5, 0.6) is 0 Å². The highest BCUT2D eigenvalue weighted by atomic mass is 79.9. The van der Waals surface area contributed by atoms with Crippen LogP contribution in [0.4, 0.5) is 14.7 Å². The van der Waals surface area contributed by atoms with Gasteiger partial charge in [-0.2, -0.15) is 0 Å². The number of halogens is 3. The maximum absolute atomic E-state index is 13.0. The highest BCUT2D eigenvalue weighted by molar-refractivity contribution is 9.10. The molecule has 0 bridgehead atoms. The van der Waals surface area contributed by atoms with Gasteiger partial charge in [0.25, 0.3) is 0 Å². The summed E-state index contributed by atoms with van der Waals surface area (Å²) in [6.07, 6.45) is 0. The number of rotatable bonds is 1. The number of nitrogens with zero attached hydrogens (tertiary/aromatic N) is 3. The zero-order valence-electron chi connectivity index (χ0n) is 7.78. The molecule has 1 aromatic heterocycles. The number of nitrogens with two attached hydrogens (primary N) is 1. The van der Waals surface area contributed by atoms with Gasteiger partial charge in [-0.15, -0.1) is 10.2 Å². The Bertz CT molecular complexity index is 547. The third-order valence-corrected chi connectivity index (χ3v) is 2.39. The van der Waals surface area contributed by atoms with Crippen LogP contribution in [0.25, 0.3) is 11.3 Å². The predicted molar refractivity (Wildman–Crippen MR) is 57.3 cm³/mol. The molecule has 7 heteroatoms. The molecule has 0 unspecified atom stereocenters. The summed E-state index contributed by atoms with van der Waals surface area (Å²) in [5.41, 5.74) is 6.04. The molecule has 0 amide bonds. The van der Waals surface area contributed by atoms with Crippen molar-refractivity contribution in [1.29, 1.82) is 0 Å². The summed E-state index contributed by atoms with van der Waals surface area (Å²) in [5.74, 6) is -1.92. The smallest absolute Gasteiger partial charge is 0.240 e. The molecule has 0 radical (unpaired) electrons. The Balaban J connectivity index is 2.58. The maximum Gasteiger partial charge on any atom is 0.240 e. The first-order valence-corrected chi connectivity index (χ1v) is 4.98. The minimum absolute atomic E-state index is 0.0390. The van der Waals surface area contributed by atoms with Crippen molar-refractivity contribution in [2.45, 2.75) is 0 Å². The standard InChI is InChI=1S/C9H5BrF2N4/c10-8-7(14-9(13)16-15-8)4-1-2-5(11)6(12)3-4/h1-3H,(H2,13,14,16). The Morgan fingerprint density at radius 1 is 1.12 bits per heavy atom. The molecule has 2 N–H and O–H groups in total. The zero-order valence-corrected chi connectivity index (χ0v) is 9.37. The number of nitrogen functional groups attached to an aromatic ring is 1. The van der Waals surface area contributed by atoms with Gasteiger partial charge in [0.2, 0.25) is 5.95 Å². The molecular formula is C9H5BrF2N4. The second kappa shape index (κ2) is 4.09. The van der Waals surface area contributed by atoms with Crippen molar-refractivity contribution in [3.05, 3.63) is 34.4 Å². The topological polar surface area (TPSA) is 64.7 Å². The number of benzene rings is 1. The summed E-state index contributed by atoms with van der Waals surface area (Å²) >= 11 is 3.10. The van der Waals surface area contributed by atoms with Crippen LogP contribution < -0.4 is 5.73 Å². The van der Waals surface area contributed by atoms with Gasteiger partial charge in [0, 0.05) is 5.56 Å². The largest absolute Gasteiger partial charge is 0.366 e. The van der Waals surface area contributed by atoms with Gasteiger partial charge in [-0.05, 0) is 34.1 Å². The second-order valence-electron chi connectivity index (χ2n) is 2.94. The molecule has 0 saturated carbocycles. The molecule has 0 fully saturated rings. The van der Waals surface area contributed by atoms with Crippen molar-refractivity contribution in [3.63, 3.8) is 0 Å². The van der Waals surface area contributed by atoms with Gasteiger partial charge < -0.3 is 5.73 Å². The number of hydrogen-bond donors (Lipinski definition) is 1. The van der Waals surface area contributed by atoms with Crippen molar-refractivity contribution < 1.29 is 8.78 Å². The average molecular weight is 287 g/mol. The third kappa shape index (κ3) is 1.99. The highest BCUT2D eigenvalue weighted by Crippen LogP contribution is 2.25. The van der Waals surface area contributed by atoms with Gasteiger partial charge >= 0.3 is 0 Å². The van der Waals surface area contributed by atoms with Gasteiger partial charge in [-0.25, -0.2) is 13.8 Å². The maximum atomic E-state index is 13.0. The third-order valence-electron chi connectivity index (χ3n) is 1.86. The number of hydrogen-bond acceptors (Lipinski definition) is 4. The van der Waals surface area contributed by atoms with Crippen molar-refractivity contribution in [3.8, 4) is 11.3 Å². The molecule has 0 aliphatic rings. The van der Waals surface area contributed by atoms with Gasteiger partial charge in [0.1, 0.15) is 5.69 Å². The van der Waals surface area contributed by atoms with E-state index in [2.05, 4.69) is 31.1 Å². The molecule has 16 heavy (non-hydrogen) atoms. The summed E-state index contributed by atoms with van der Waals surface area (Å²) in [7, 11) is 0. The Labute approximate surface area is 97.7 Å². The molecule has 0 aliphatic heterocycles. The van der Waals surface area contributed by atoms with Crippen molar-refractivity contribution in [2.24, 2.45) is 0 Å². The van der Waals surface area contributed by atoms with E-state index in [1.165, 1.54) is 6.07 Å². The van der Waals surface area contributed by atoms with Crippen molar-refractivity contribution >= 4 is 21.9 Å². The SMILES string of the molecule is Nc1nnc(Br)c(-c2ccc(F)c(F)c2)n1. The van der Waals surface area contributed by atoms with E-state index in [0.29, 0.717) is 15.9 Å². The Morgan fingerprint density at radius 2 is 1.88 bits per heavy atom. The first-order chi connectivity index (χ1) is 7.58. The van der Waals surface area contributed by atoms with Crippen LogP contribution in [0, 0.1) is 11.6 Å². The Kier molecular flexibility index (Phi) is 2.78. The summed E-state index contributed by atoms with van der Waals surface area (Å²) in [6.45, 7) is 0. The van der Waals surface area contributed by atoms with Gasteiger partial charge in [0.05, 0.1) is 0 Å². The van der Waals surface area contributed by atoms with Crippen LogP contribution in [0.15, 0.2) is 22.8 Å². The van der Waals surface area contributed by atoms with E-state index in [4.69, 9.17) is 5.73 Å². The molecule has 2 rings (SSSR count). The predicted octanol–water partition coefficient (Wildman–Crippen LogP) is 2.16. The normalized spacial score (nSPS) is 10.4. The first kappa shape index (κ1) is 10.9. The van der Waals surface area contributed by atoms with Crippen LogP contribution in [0.3, 0.4) is 0 Å². The van der Waals surface area contributed by atoms with Crippen LogP contribution in [-0.2, 0) is 0 Å². The molecule has 4 nitrogen and oxygen atoms in total. The molecule has 82 valence electrons. The summed E-state index contributed by atoms with van der Waals surface area (Å²) in [5, 5.41) is 7.18. The van der Waals surface area contributed by atoms with E-state index in [1.807, 2.05) is 0 Å². The lowest BCUT2D eigenvalue weighted by molar-refractivity contribution is 0.509. The lowest BCUT2D eigenvalue weighted by Crippen LogP contribution is -2.00. The molecule has 0 saturated heterocycles. The summed E-state index contributed by atoms with van der Waals surface area (Å²) < 4.78 is 26.1. The quantitative estimate of drug-likeness (QED) is 0.873. The fourth-order valence-electron chi connectivity index (χ4n) is 1.15. The highest BCUT2D eigenvalue weighted by Gasteiger charge is 2.10. The molecule has 0 atom stereocenters. The molecule has 0 spiro atoms. The fourth-order valence-corrected chi connectivity index (χ4v) is 1.55. The monoisotopic (exact) mass is 286 g/mol. The number of anilines is 1. The minimum Gasteiger partial charge on any atom is -0.366 e. The fraction of sp³-hybridized carbons (Fsp3) is 0. The van der Waals surface area contributed by atoms with Gasteiger partial charge in [-0.1, -0.05) is 0 Å². The van der Waals surface area contributed by atoms with E-state index >= 15 is 0 Å². The molecular weight excluding hydrogens is 282 g/mol. The van der Waals surface area contributed by atoms with Crippen LogP contribution in [0.2, 0.25) is 0 Å². The molecule has 2 aromatic rings. The summed E-state index contributed by atoms with van der Waals surface area (Å²) in [6, 6.07) is 3.41. The lowest BCUT2D eigenvalue weighted by Gasteiger charge is -2.03. The average Bonchev–Trinajstić information content (AvgIpc) is 2.26. The van der Waals surface area contributed by atoms with E-state index in [9.17, 15) is 8.78 Å². The van der Waals surface area contributed by atoms with Crippen molar-refractivity contribution in [2.75, 3.05) is 5.73 Å². The molecule has 0 aliphatic carbocycles. The van der Waals surface area contributed by atoms with Gasteiger partial charge in [-0.3, -0.25) is 0 Å². The van der Waals surface area contributed by atoms with Crippen LogP contribution in [0.1, 0.15) is 0 Å². The zero-order chi connectivity index (χ0) is 11.7. The van der Waals surface area contributed by atoms with E-state index in [1.54, 1.807) is 0 Å². The van der Waals surface area contributed by atoms with Gasteiger partial charge in [0.15, 0.2) is 16.2 Å². The summed E-state index contributed by atoms with van der Waals surface area (Å²) in [4.78, 5) is 3.88.